The van der Waals surface area contributed by atoms with Crippen molar-refractivity contribution in [3.63, 3.8) is 0 Å². The molecule has 6 heteroatoms. The molecule has 1 aromatic heterocycles. The molecule has 0 unspecified atom stereocenters. The van der Waals surface area contributed by atoms with E-state index < -0.39 is 0 Å². The zero-order chi connectivity index (χ0) is 16.5. The number of hydrogen-bond donors (Lipinski definition) is 0. The van der Waals surface area contributed by atoms with Gasteiger partial charge in [-0.15, -0.1) is 0 Å². The van der Waals surface area contributed by atoms with Crippen LogP contribution in [0.4, 0.5) is 0 Å². The molecule has 0 aliphatic rings. The third-order valence-corrected chi connectivity index (χ3v) is 2.58. The van der Waals surface area contributed by atoms with Crippen LogP contribution in [0.5, 0.6) is 0 Å². The summed E-state index contributed by atoms with van der Waals surface area (Å²) in [7, 11) is 5.31. The van der Waals surface area contributed by atoms with Gasteiger partial charge in [0.1, 0.15) is 23.3 Å². The zero-order valence-electron chi connectivity index (χ0n) is 13.2. The van der Waals surface area contributed by atoms with Gasteiger partial charge < -0.3 is 4.65 Å². The van der Waals surface area contributed by atoms with E-state index in [1.165, 1.54) is 0 Å². The summed E-state index contributed by atoms with van der Waals surface area (Å²) in [5.74, 6) is 1.45. The molecule has 0 aliphatic carbocycles. The number of rotatable bonds is 3. The highest BCUT2D eigenvalue weighted by molar-refractivity contribution is 6.05. The van der Waals surface area contributed by atoms with Crippen LogP contribution in [-0.4, -0.2) is 23.0 Å². The Labute approximate surface area is 132 Å². The minimum absolute atomic E-state index is 0.132. The number of hydrogen-bond acceptors (Lipinski definition) is 5. The third kappa shape index (κ3) is 4.16. The molecule has 2 aromatic rings. The Morgan fingerprint density at radius 1 is 1.05 bits per heavy atom. The number of nitriles is 1. The van der Waals surface area contributed by atoms with Crippen molar-refractivity contribution in [1.29, 1.82) is 5.26 Å². The molecule has 2 radical (unpaired) electrons. The molecule has 1 aromatic carbocycles. The topological polar surface area (TPSA) is 71.7 Å². The van der Waals surface area contributed by atoms with Gasteiger partial charge in [0.05, 0.1) is 0 Å². The lowest BCUT2D eigenvalue weighted by atomic mass is 10.1. The zero-order valence-corrected chi connectivity index (χ0v) is 13.2. The first kappa shape index (κ1) is 17.4. The number of allylic oxidation sites excluding steroid dienone is 1. The number of benzene rings is 1. The first-order chi connectivity index (χ1) is 10.7. The maximum absolute atomic E-state index is 9.37. The van der Waals surface area contributed by atoms with E-state index in [0.717, 1.165) is 0 Å². The van der Waals surface area contributed by atoms with Gasteiger partial charge in [0.2, 0.25) is 0 Å². The van der Waals surface area contributed by atoms with E-state index in [-0.39, 0.29) is 17.2 Å². The molecule has 0 spiro atoms. The molecule has 0 N–H and O–H groups in total. The maximum atomic E-state index is 9.37. The third-order valence-electron chi connectivity index (χ3n) is 2.58. The van der Waals surface area contributed by atoms with Gasteiger partial charge in [0, 0.05) is 0 Å². The van der Waals surface area contributed by atoms with E-state index in [2.05, 4.69) is 21.0 Å². The Bertz CT molecular complexity index is 673. The largest absolute Gasteiger partial charge is 0.564 e. The van der Waals surface area contributed by atoms with Gasteiger partial charge in [-0.2, -0.15) is 5.26 Å². The summed E-state index contributed by atoms with van der Waals surface area (Å²) in [6, 6.07) is 11.2. The van der Waals surface area contributed by atoms with Gasteiger partial charge in [0.25, 0.3) is 0 Å². The Morgan fingerprint density at radius 2 is 1.59 bits per heavy atom. The predicted octanol–water partition coefficient (Wildman–Crippen LogP) is 3.01. The molecule has 0 saturated carbocycles. The highest BCUT2D eigenvalue weighted by atomic mass is 16.4. The van der Waals surface area contributed by atoms with E-state index >= 15 is 0 Å². The molecular formula is C16H17BN4O. The van der Waals surface area contributed by atoms with E-state index in [9.17, 15) is 5.26 Å². The maximum Gasteiger partial charge on any atom is 0.374 e. The van der Waals surface area contributed by atoms with Gasteiger partial charge in [-0.3, -0.25) is 0 Å². The molecule has 0 atom stereocenters. The molecule has 5 nitrogen and oxygen atoms in total. The van der Waals surface area contributed by atoms with Crippen LogP contribution in [0.1, 0.15) is 36.9 Å². The number of nitrogens with zero attached hydrogens (tertiary/aromatic N) is 4. The number of aromatic nitrogens is 3. The van der Waals surface area contributed by atoms with Gasteiger partial charge in [-0.05, 0) is 19.4 Å². The van der Waals surface area contributed by atoms with Crippen molar-refractivity contribution >= 4 is 19.4 Å². The van der Waals surface area contributed by atoms with Crippen LogP contribution >= 0.6 is 0 Å². The average molecular weight is 292 g/mol. The summed E-state index contributed by atoms with van der Waals surface area (Å²) in [5.41, 5.74) is 0.962. The van der Waals surface area contributed by atoms with Crippen molar-refractivity contribution in [2.24, 2.45) is 0 Å². The molecule has 0 saturated heterocycles. The first-order valence-corrected chi connectivity index (χ1v) is 6.92. The highest BCUT2D eigenvalue weighted by Crippen LogP contribution is 2.24. The van der Waals surface area contributed by atoms with Gasteiger partial charge in [-0.1, -0.05) is 44.2 Å². The quantitative estimate of drug-likeness (QED) is 0.494. The summed E-state index contributed by atoms with van der Waals surface area (Å²) >= 11 is 0. The Kier molecular flexibility index (Phi) is 6.77. The Hall–Kier alpha value is -2.68. The van der Waals surface area contributed by atoms with E-state index in [1.54, 1.807) is 26.0 Å². The van der Waals surface area contributed by atoms with E-state index in [4.69, 9.17) is 12.7 Å². The van der Waals surface area contributed by atoms with Crippen molar-refractivity contribution in [2.75, 3.05) is 0 Å². The Balaban J connectivity index is 0.00000116. The van der Waals surface area contributed by atoms with Crippen LogP contribution in [0.3, 0.4) is 0 Å². The summed E-state index contributed by atoms with van der Waals surface area (Å²) < 4.78 is 4.86. The first-order valence-electron chi connectivity index (χ1n) is 6.92. The molecule has 22 heavy (non-hydrogen) atoms. The van der Waals surface area contributed by atoms with Crippen LogP contribution in [-0.2, 0) is 4.65 Å². The van der Waals surface area contributed by atoms with Gasteiger partial charge >= 0.3 is 8.05 Å². The van der Waals surface area contributed by atoms with Crippen LogP contribution in [0.15, 0.2) is 30.3 Å². The second kappa shape index (κ2) is 8.58. The summed E-state index contributed by atoms with van der Waals surface area (Å²) in [6.45, 7) is 7.47. The molecule has 110 valence electrons. The molecule has 0 fully saturated rings. The lowest BCUT2D eigenvalue weighted by Gasteiger charge is -2.10. The molecule has 1 heterocycles. The second-order valence-electron chi connectivity index (χ2n) is 4.05. The standard InChI is InChI=1S/C14H11BN4O.C2H6/c1-9-17-10(2)19-14(18-9)13(20-15)12(8-16)11-6-4-3-5-7-11;1-2/h3-7H,1-2H3;1-2H3. The fraction of sp³-hybridized carbons (Fsp3) is 0.250. The van der Waals surface area contributed by atoms with Crippen LogP contribution < -0.4 is 0 Å². The fourth-order valence-corrected chi connectivity index (χ4v) is 1.79. The Morgan fingerprint density at radius 3 is 2.05 bits per heavy atom. The van der Waals surface area contributed by atoms with Crippen molar-refractivity contribution in [3.8, 4) is 6.07 Å². The lowest BCUT2D eigenvalue weighted by Crippen LogP contribution is -2.05. The summed E-state index contributed by atoms with van der Waals surface area (Å²) in [5, 5.41) is 9.37. The lowest BCUT2D eigenvalue weighted by molar-refractivity contribution is 0.563. The smallest absolute Gasteiger partial charge is 0.374 e. The average Bonchev–Trinajstić information content (AvgIpc) is 2.54. The van der Waals surface area contributed by atoms with Crippen molar-refractivity contribution < 1.29 is 4.65 Å². The monoisotopic (exact) mass is 292 g/mol. The summed E-state index contributed by atoms with van der Waals surface area (Å²) in [6.07, 6.45) is 0. The highest BCUT2D eigenvalue weighted by Gasteiger charge is 2.15. The minimum Gasteiger partial charge on any atom is -0.564 e. The normalized spacial score (nSPS) is 10.7. The van der Waals surface area contributed by atoms with Crippen molar-refractivity contribution in [3.05, 3.63) is 53.4 Å². The minimum atomic E-state index is 0.132. The molecule has 0 bridgehead atoms. The van der Waals surface area contributed by atoms with Crippen molar-refractivity contribution in [2.45, 2.75) is 27.7 Å². The predicted molar refractivity (Wildman–Crippen MR) is 86.4 cm³/mol. The molecule has 0 amide bonds. The van der Waals surface area contributed by atoms with E-state index in [1.807, 2.05) is 32.0 Å². The molecule has 0 aliphatic heterocycles. The second-order valence-corrected chi connectivity index (χ2v) is 4.05. The van der Waals surface area contributed by atoms with Gasteiger partial charge in [-0.25, -0.2) is 15.0 Å². The van der Waals surface area contributed by atoms with Crippen LogP contribution in [0.25, 0.3) is 11.3 Å². The van der Waals surface area contributed by atoms with Crippen LogP contribution in [0.2, 0.25) is 0 Å². The number of aryl methyl sites for hydroxylation is 2. The summed E-state index contributed by atoms with van der Waals surface area (Å²) in [4.78, 5) is 12.4. The molecular weight excluding hydrogens is 275 g/mol. The van der Waals surface area contributed by atoms with E-state index in [0.29, 0.717) is 17.2 Å². The SMILES string of the molecule is CC.[B]OC(=C(C#N)c1ccccc1)c1nc(C)nc(C)n1. The van der Waals surface area contributed by atoms with Gasteiger partial charge in [0.15, 0.2) is 11.6 Å². The molecule has 2 rings (SSSR count). The van der Waals surface area contributed by atoms with Crippen molar-refractivity contribution in [1.82, 2.24) is 15.0 Å². The van der Waals surface area contributed by atoms with Crippen LogP contribution in [0, 0.1) is 25.2 Å². The fourth-order valence-electron chi connectivity index (χ4n) is 1.79.